The van der Waals surface area contributed by atoms with Crippen LogP contribution in [0.15, 0.2) is 47.7 Å². The van der Waals surface area contributed by atoms with Crippen molar-refractivity contribution in [3.8, 4) is 22.8 Å². The van der Waals surface area contributed by atoms with Crippen molar-refractivity contribution in [1.82, 2.24) is 24.3 Å². The number of pyridine rings is 3. The Balaban J connectivity index is 1.67. The number of aromatic nitrogens is 5. The predicted octanol–water partition coefficient (Wildman–Crippen LogP) is 4.92. The highest BCUT2D eigenvalue weighted by molar-refractivity contribution is 6.31. The third kappa shape index (κ3) is 5.53. The molecular formula is C27H26ClF2N5O4. The van der Waals surface area contributed by atoms with Gasteiger partial charge in [0.1, 0.15) is 34.6 Å². The molecule has 4 heterocycles. The summed E-state index contributed by atoms with van der Waals surface area (Å²) in [6, 6.07) is 5.65. The molecule has 0 unspecified atom stereocenters. The van der Waals surface area contributed by atoms with Crippen molar-refractivity contribution < 1.29 is 23.0 Å². The van der Waals surface area contributed by atoms with Crippen molar-refractivity contribution in [3.05, 3.63) is 86.8 Å². The molecule has 9 nitrogen and oxygen atoms in total. The second kappa shape index (κ2) is 10.9. The van der Waals surface area contributed by atoms with Crippen molar-refractivity contribution >= 4 is 17.6 Å². The van der Waals surface area contributed by atoms with E-state index in [1.54, 1.807) is 65.2 Å². The zero-order valence-electron chi connectivity index (χ0n) is 22.0. The lowest BCUT2D eigenvalue weighted by atomic mass is 10.1. The molecule has 0 bridgehead atoms. The molecule has 0 radical (unpaired) electrons. The Morgan fingerprint density at radius 3 is 2.54 bits per heavy atom. The third-order valence-electron chi connectivity index (χ3n) is 6.06. The molecule has 4 aromatic heterocycles. The van der Waals surface area contributed by atoms with Crippen LogP contribution in [-0.4, -0.2) is 36.9 Å². The van der Waals surface area contributed by atoms with E-state index in [0.29, 0.717) is 34.4 Å². The predicted molar refractivity (Wildman–Crippen MR) is 140 cm³/mol. The molecule has 0 spiro atoms. The standard InChI is InChI=1S/C27H26ClF2N5O4/c1-6-38-26(37)27(4,5)34-8-7-19(33-34)20-11-22(15(2)12-31-20)35-16(3)9-23(24(28)25(35)36)39-14-21-18(30)10-17(29)13-32-21/h7-13H,6,14H2,1-5H3. The number of aryl methyl sites for hydroxylation is 2. The number of carbonyl (C=O) groups excluding carboxylic acids is 1. The molecular weight excluding hydrogens is 532 g/mol. The van der Waals surface area contributed by atoms with Crippen LogP contribution >= 0.6 is 11.6 Å². The molecule has 0 fully saturated rings. The van der Waals surface area contributed by atoms with Gasteiger partial charge in [0, 0.05) is 30.2 Å². The maximum atomic E-state index is 13.9. The van der Waals surface area contributed by atoms with Crippen LogP contribution in [0, 0.1) is 25.5 Å². The van der Waals surface area contributed by atoms with E-state index < -0.39 is 28.7 Å². The summed E-state index contributed by atoms with van der Waals surface area (Å²) < 4.78 is 40.7. The molecule has 0 aliphatic rings. The molecule has 39 heavy (non-hydrogen) atoms. The summed E-state index contributed by atoms with van der Waals surface area (Å²) in [6.45, 7) is 8.52. The van der Waals surface area contributed by atoms with Gasteiger partial charge < -0.3 is 9.47 Å². The van der Waals surface area contributed by atoms with Crippen LogP contribution in [0.3, 0.4) is 0 Å². The lowest BCUT2D eigenvalue weighted by molar-refractivity contribution is -0.152. The topological polar surface area (TPSA) is 101 Å². The minimum absolute atomic E-state index is 0.0350. The summed E-state index contributed by atoms with van der Waals surface area (Å²) >= 11 is 6.36. The normalized spacial score (nSPS) is 11.5. The summed E-state index contributed by atoms with van der Waals surface area (Å²) in [5.74, 6) is -2.07. The number of hydrogen-bond donors (Lipinski definition) is 0. The van der Waals surface area contributed by atoms with Crippen LogP contribution in [0.2, 0.25) is 5.02 Å². The first kappa shape index (κ1) is 27.9. The van der Waals surface area contributed by atoms with Gasteiger partial charge in [-0.2, -0.15) is 5.10 Å². The highest BCUT2D eigenvalue weighted by Gasteiger charge is 2.32. The Morgan fingerprint density at radius 2 is 1.85 bits per heavy atom. The molecule has 0 N–H and O–H groups in total. The second-order valence-electron chi connectivity index (χ2n) is 9.26. The largest absolute Gasteiger partial charge is 0.485 e. The lowest BCUT2D eigenvalue weighted by Gasteiger charge is -2.22. The van der Waals surface area contributed by atoms with Crippen molar-refractivity contribution in [2.24, 2.45) is 0 Å². The maximum absolute atomic E-state index is 13.9. The number of esters is 1. The van der Waals surface area contributed by atoms with Gasteiger partial charge >= 0.3 is 5.97 Å². The summed E-state index contributed by atoms with van der Waals surface area (Å²) in [6.07, 6.45) is 4.14. The molecule has 204 valence electrons. The summed E-state index contributed by atoms with van der Waals surface area (Å²) in [5, 5.41) is 4.30. The Bertz CT molecular complexity index is 1620. The Hall–Kier alpha value is -4.12. The maximum Gasteiger partial charge on any atom is 0.333 e. The Morgan fingerprint density at radius 1 is 1.10 bits per heavy atom. The number of carbonyl (C=O) groups is 1. The van der Waals surface area contributed by atoms with E-state index in [-0.39, 0.29) is 29.7 Å². The van der Waals surface area contributed by atoms with Crippen LogP contribution in [0.25, 0.3) is 17.1 Å². The Labute approximate surface area is 228 Å². The molecule has 0 aliphatic heterocycles. The van der Waals surface area contributed by atoms with Gasteiger partial charge in [0.05, 0.1) is 24.2 Å². The number of nitrogens with zero attached hydrogens (tertiary/aromatic N) is 5. The van der Waals surface area contributed by atoms with E-state index in [1.807, 2.05) is 0 Å². The fourth-order valence-electron chi connectivity index (χ4n) is 3.85. The molecule has 4 aromatic rings. The molecule has 0 aromatic carbocycles. The van der Waals surface area contributed by atoms with Crippen LogP contribution in [0.1, 0.15) is 37.7 Å². The lowest BCUT2D eigenvalue weighted by Crippen LogP contribution is -2.37. The van der Waals surface area contributed by atoms with Crippen LogP contribution in [0.4, 0.5) is 8.78 Å². The molecule has 4 rings (SSSR count). The van der Waals surface area contributed by atoms with E-state index in [1.165, 1.54) is 9.25 Å². The fraction of sp³-hybridized carbons (Fsp3) is 0.296. The van der Waals surface area contributed by atoms with Gasteiger partial charge in [-0.3, -0.25) is 24.0 Å². The van der Waals surface area contributed by atoms with Gasteiger partial charge in [-0.05, 0) is 52.3 Å². The van der Waals surface area contributed by atoms with Crippen LogP contribution < -0.4 is 10.3 Å². The average Bonchev–Trinajstić information content (AvgIpc) is 3.39. The first-order valence-electron chi connectivity index (χ1n) is 12.0. The van der Waals surface area contributed by atoms with Gasteiger partial charge in [0.2, 0.25) is 0 Å². The quantitative estimate of drug-likeness (QED) is 0.283. The Kier molecular flexibility index (Phi) is 7.82. The molecule has 0 amide bonds. The van der Waals surface area contributed by atoms with Gasteiger partial charge in [0.25, 0.3) is 5.56 Å². The first-order valence-corrected chi connectivity index (χ1v) is 12.4. The zero-order valence-corrected chi connectivity index (χ0v) is 22.7. The summed E-state index contributed by atoms with van der Waals surface area (Å²) in [7, 11) is 0. The van der Waals surface area contributed by atoms with Crippen LogP contribution in [0.5, 0.6) is 5.75 Å². The molecule has 0 atom stereocenters. The molecule has 0 saturated heterocycles. The molecule has 12 heteroatoms. The minimum atomic E-state index is -1.04. The SMILES string of the molecule is CCOC(=O)C(C)(C)n1ccc(-c2cc(-n3c(C)cc(OCc4ncc(F)cc4F)c(Cl)c3=O)c(C)cn2)n1. The van der Waals surface area contributed by atoms with Gasteiger partial charge in [-0.1, -0.05) is 11.6 Å². The van der Waals surface area contributed by atoms with Crippen molar-refractivity contribution in [1.29, 1.82) is 0 Å². The molecule has 0 saturated carbocycles. The average molecular weight is 558 g/mol. The van der Waals surface area contributed by atoms with Gasteiger partial charge in [0.15, 0.2) is 11.4 Å². The van der Waals surface area contributed by atoms with E-state index in [9.17, 15) is 18.4 Å². The number of hydrogen-bond acceptors (Lipinski definition) is 7. The number of rotatable bonds is 8. The van der Waals surface area contributed by atoms with E-state index >= 15 is 0 Å². The van der Waals surface area contributed by atoms with Gasteiger partial charge in [-0.15, -0.1) is 0 Å². The van der Waals surface area contributed by atoms with E-state index in [2.05, 4.69) is 15.1 Å². The molecule has 0 aliphatic carbocycles. The summed E-state index contributed by atoms with van der Waals surface area (Å²) in [5.41, 5.74) is 0.919. The number of ether oxygens (including phenoxy) is 2. The van der Waals surface area contributed by atoms with Crippen molar-refractivity contribution in [3.63, 3.8) is 0 Å². The first-order chi connectivity index (χ1) is 18.4. The van der Waals surface area contributed by atoms with Crippen molar-refractivity contribution in [2.45, 2.75) is 46.8 Å². The smallest absolute Gasteiger partial charge is 0.333 e. The monoisotopic (exact) mass is 557 g/mol. The number of halogens is 3. The zero-order chi connectivity index (χ0) is 28.5. The highest BCUT2D eigenvalue weighted by atomic mass is 35.5. The third-order valence-corrected chi connectivity index (χ3v) is 6.41. The van der Waals surface area contributed by atoms with Crippen LogP contribution in [-0.2, 0) is 21.7 Å². The van der Waals surface area contributed by atoms with E-state index in [4.69, 9.17) is 21.1 Å². The fourth-order valence-corrected chi connectivity index (χ4v) is 4.04. The summed E-state index contributed by atoms with van der Waals surface area (Å²) in [4.78, 5) is 33.8. The van der Waals surface area contributed by atoms with Crippen molar-refractivity contribution in [2.75, 3.05) is 6.61 Å². The second-order valence-corrected chi connectivity index (χ2v) is 9.63. The van der Waals surface area contributed by atoms with Gasteiger partial charge in [-0.25, -0.2) is 13.6 Å². The van der Waals surface area contributed by atoms with E-state index in [0.717, 1.165) is 6.20 Å². The minimum Gasteiger partial charge on any atom is -0.485 e. The highest BCUT2D eigenvalue weighted by Crippen LogP contribution is 2.28.